The zero-order valence-corrected chi connectivity index (χ0v) is 22.0. The second-order valence-electron chi connectivity index (χ2n) is 10.2. The van der Waals surface area contributed by atoms with E-state index < -0.39 is 16.9 Å². The number of halogens is 2. The van der Waals surface area contributed by atoms with Crippen molar-refractivity contribution >= 4 is 52.4 Å². The van der Waals surface area contributed by atoms with Gasteiger partial charge in [-0.1, -0.05) is 35.3 Å². The van der Waals surface area contributed by atoms with Gasteiger partial charge < -0.3 is 10.6 Å². The van der Waals surface area contributed by atoms with Crippen LogP contribution in [0.1, 0.15) is 38.8 Å². The molecule has 2 N–H and O–H groups in total. The molecule has 0 saturated carbocycles. The Morgan fingerprint density at radius 2 is 1.19 bits per heavy atom. The molecule has 36 heavy (non-hydrogen) atoms. The largest absolute Gasteiger partial charge is 0.323 e. The van der Waals surface area contributed by atoms with Gasteiger partial charge in [-0.3, -0.25) is 19.3 Å². The highest BCUT2D eigenvalue weighted by Crippen LogP contribution is 2.32. The molecule has 0 aromatic heterocycles. The average molecular weight is 535 g/mol. The molecule has 0 atom stereocenters. The summed E-state index contributed by atoms with van der Waals surface area (Å²) in [4.78, 5) is 48.2. The molecule has 0 unspecified atom stereocenters. The molecule has 0 bridgehead atoms. The third-order valence-electron chi connectivity index (χ3n) is 6.02. The first-order valence-corrected chi connectivity index (χ1v) is 12.2. The third-order valence-corrected chi connectivity index (χ3v) is 6.73. The van der Waals surface area contributed by atoms with Crippen LogP contribution in [0.25, 0.3) is 0 Å². The van der Waals surface area contributed by atoms with Crippen molar-refractivity contribution in [2.75, 3.05) is 23.8 Å². The summed E-state index contributed by atoms with van der Waals surface area (Å²) in [5.41, 5.74) is 1.21. The second kappa shape index (κ2) is 9.89. The van der Waals surface area contributed by atoms with E-state index in [1.54, 1.807) is 36.4 Å². The molecule has 2 aliphatic heterocycles. The molecule has 2 fully saturated rings. The molecule has 4 amide bonds. The molecule has 11 heteroatoms. The average Bonchev–Trinajstić information content (AvgIpc) is 3.20. The predicted molar refractivity (Wildman–Crippen MR) is 136 cm³/mol. The molecular weight excluding hydrogens is 507 g/mol. The van der Waals surface area contributed by atoms with Crippen LogP contribution < -0.4 is 10.6 Å². The fourth-order valence-electron chi connectivity index (χ4n) is 3.74. The van der Waals surface area contributed by atoms with Crippen molar-refractivity contribution in [3.05, 3.63) is 57.6 Å². The van der Waals surface area contributed by atoms with Crippen LogP contribution in [-0.4, -0.2) is 41.2 Å². The number of hydrogen-bond acceptors (Lipinski definition) is 5. The van der Waals surface area contributed by atoms with Gasteiger partial charge in [-0.2, -0.15) is 0 Å². The molecule has 2 heterocycles. The molecule has 0 aliphatic carbocycles. The summed E-state index contributed by atoms with van der Waals surface area (Å²) in [7, 11) is 0. The summed E-state index contributed by atoms with van der Waals surface area (Å²) in [6, 6.07) is 9.57. The molecule has 4 rings (SSSR count). The van der Waals surface area contributed by atoms with E-state index in [0.29, 0.717) is 45.8 Å². The second-order valence-corrected chi connectivity index (χ2v) is 11.0. The Kier molecular flexibility index (Phi) is 7.21. The van der Waals surface area contributed by atoms with Crippen LogP contribution in [0.2, 0.25) is 10.0 Å². The van der Waals surface area contributed by atoms with Gasteiger partial charge in [0.1, 0.15) is 0 Å². The van der Waals surface area contributed by atoms with Gasteiger partial charge in [0.15, 0.2) is 0 Å². The molecule has 2 aromatic carbocycles. The molecule has 2 aliphatic rings. The number of nitrogens with zero attached hydrogens (tertiary/aromatic N) is 2. The Morgan fingerprint density at radius 1 is 0.806 bits per heavy atom. The Labute approximate surface area is 219 Å². The van der Waals surface area contributed by atoms with Crippen molar-refractivity contribution in [1.29, 1.82) is 0 Å². The number of hydrogen-bond donors (Lipinski definition) is 2. The van der Waals surface area contributed by atoms with E-state index in [0.717, 1.165) is 0 Å². The van der Waals surface area contributed by atoms with Crippen molar-refractivity contribution in [3.8, 4) is 0 Å². The Balaban J connectivity index is 1.34. The highest BCUT2D eigenvalue weighted by molar-refractivity contribution is 6.32. The van der Waals surface area contributed by atoms with E-state index >= 15 is 0 Å². The van der Waals surface area contributed by atoms with E-state index in [2.05, 4.69) is 10.6 Å². The Bertz CT molecular complexity index is 1130. The van der Waals surface area contributed by atoms with Crippen molar-refractivity contribution in [1.82, 2.24) is 10.1 Å². The molecule has 0 spiro atoms. The number of carbonyl (C=O) groups excluding carboxylic acids is 3. The van der Waals surface area contributed by atoms with E-state index in [1.807, 2.05) is 27.7 Å². The van der Waals surface area contributed by atoms with Crippen LogP contribution in [0, 0.1) is 10.8 Å². The summed E-state index contributed by atoms with van der Waals surface area (Å²) >= 11 is 12.8. The monoisotopic (exact) mass is 534 g/mol. The van der Waals surface area contributed by atoms with E-state index in [1.165, 1.54) is 10.1 Å². The SMILES string of the molecule is CC1(C)CON(Cc2ccc(NC(=O)Nc3ccc(CN4OCC(C)(C)C4=O)c(Cl)c3)cc2Cl)C1=O. The quantitative estimate of drug-likeness (QED) is 0.527. The molecule has 2 saturated heterocycles. The number of carbonyl (C=O) groups is 3. The normalized spacial score (nSPS) is 18.6. The topological polar surface area (TPSA) is 100 Å². The molecule has 2 aromatic rings. The molecular formula is C25H28Cl2N4O5. The van der Waals surface area contributed by atoms with Gasteiger partial charge in [-0.15, -0.1) is 0 Å². The van der Waals surface area contributed by atoms with Crippen LogP contribution in [0.15, 0.2) is 36.4 Å². The fraction of sp³-hybridized carbons (Fsp3) is 0.400. The maximum Gasteiger partial charge on any atom is 0.323 e. The van der Waals surface area contributed by atoms with Crippen molar-refractivity contribution < 1.29 is 24.1 Å². The van der Waals surface area contributed by atoms with E-state index in [-0.39, 0.29) is 24.9 Å². The first-order chi connectivity index (χ1) is 16.9. The van der Waals surface area contributed by atoms with Gasteiger partial charge in [0.05, 0.1) is 37.1 Å². The smallest absolute Gasteiger partial charge is 0.308 e. The maximum absolute atomic E-state index is 12.5. The van der Waals surface area contributed by atoms with Crippen LogP contribution >= 0.6 is 23.2 Å². The lowest BCUT2D eigenvalue weighted by atomic mass is 9.95. The minimum atomic E-state index is -0.566. The number of benzene rings is 2. The summed E-state index contributed by atoms with van der Waals surface area (Å²) < 4.78 is 0. The first-order valence-electron chi connectivity index (χ1n) is 11.4. The molecule has 192 valence electrons. The van der Waals surface area contributed by atoms with Crippen molar-refractivity contribution in [2.24, 2.45) is 10.8 Å². The predicted octanol–water partition coefficient (Wildman–Crippen LogP) is 5.24. The van der Waals surface area contributed by atoms with Crippen LogP contribution in [0.5, 0.6) is 0 Å². The standard InChI is InChI=1S/C25H28Cl2N4O5/c1-24(2)13-35-30(21(24)32)11-15-5-7-17(9-19(15)26)28-23(34)29-18-8-6-16(20(27)10-18)12-31-22(33)25(3,4)14-36-31/h5-10H,11-14H2,1-4H3,(H2,28,29,34). The number of urea groups is 1. The zero-order chi connectivity index (χ0) is 26.3. The Morgan fingerprint density at radius 3 is 1.50 bits per heavy atom. The highest BCUT2D eigenvalue weighted by atomic mass is 35.5. The summed E-state index contributed by atoms with van der Waals surface area (Å²) in [6.07, 6.45) is 0. The lowest BCUT2D eigenvalue weighted by Gasteiger charge is -2.18. The zero-order valence-electron chi connectivity index (χ0n) is 20.5. The first kappa shape index (κ1) is 26.2. The lowest BCUT2D eigenvalue weighted by molar-refractivity contribution is -0.165. The number of nitrogens with one attached hydrogen (secondary N) is 2. The molecule has 0 radical (unpaired) electrons. The van der Waals surface area contributed by atoms with E-state index in [4.69, 9.17) is 32.9 Å². The number of rotatable bonds is 6. The fourth-order valence-corrected chi connectivity index (χ4v) is 4.22. The number of hydroxylamine groups is 4. The van der Waals surface area contributed by atoms with Crippen LogP contribution in [-0.2, 0) is 32.4 Å². The van der Waals surface area contributed by atoms with Gasteiger partial charge in [-0.25, -0.2) is 14.9 Å². The highest BCUT2D eigenvalue weighted by Gasteiger charge is 2.41. The molecule has 9 nitrogen and oxygen atoms in total. The van der Waals surface area contributed by atoms with Gasteiger partial charge in [-0.05, 0) is 63.1 Å². The Hall–Kier alpha value is -2.85. The maximum atomic E-state index is 12.5. The summed E-state index contributed by atoms with van der Waals surface area (Å²) in [5.74, 6) is -0.207. The van der Waals surface area contributed by atoms with Gasteiger partial charge in [0, 0.05) is 21.4 Å². The van der Waals surface area contributed by atoms with Gasteiger partial charge >= 0.3 is 6.03 Å². The van der Waals surface area contributed by atoms with Crippen molar-refractivity contribution in [2.45, 2.75) is 40.8 Å². The minimum absolute atomic E-state index is 0.104. The van der Waals surface area contributed by atoms with Gasteiger partial charge in [0.2, 0.25) is 0 Å². The third kappa shape index (κ3) is 5.59. The summed E-state index contributed by atoms with van der Waals surface area (Å²) in [6.45, 7) is 8.36. The van der Waals surface area contributed by atoms with Crippen LogP contribution in [0.4, 0.5) is 16.2 Å². The summed E-state index contributed by atoms with van der Waals surface area (Å²) in [5, 5.41) is 8.84. The number of amides is 4. The van der Waals surface area contributed by atoms with Crippen molar-refractivity contribution in [3.63, 3.8) is 0 Å². The van der Waals surface area contributed by atoms with Crippen LogP contribution in [0.3, 0.4) is 0 Å². The van der Waals surface area contributed by atoms with Gasteiger partial charge in [0.25, 0.3) is 11.8 Å². The number of anilines is 2. The van der Waals surface area contributed by atoms with E-state index in [9.17, 15) is 14.4 Å². The lowest BCUT2D eigenvalue weighted by Crippen LogP contribution is -2.30. The minimum Gasteiger partial charge on any atom is -0.308 e.